The quantitative estimate of drug-likeness (QED) is 0.561. The van der Waals surface area contributed by atoms with E-state index in [0.29, 0.717) is 19.5 Å². The first kappa shape index (κ1) is 7.84. The van der Waals surface area contributed by atoms with Gasteiger partial charge in [-0.25, -0.2) is 4.79 Å². The highest BCUT2D eigenvalue weighted by molar-refractivity contribution is 5.91. The maximum absolute atomic E-state index is 10.4. The van der Waals surface area contributed by atoms with E-state index in [1.54, 1.807) is 0 Å². The number of nitrogens with zero attached hydrogens (tertiary/aromatic N) is 2. The van der Waals surface area contributed by atoms with Crippen LogP contribution in [0, 0.1) is 0 Å². The molecular formula is C6H10N2O3. The number of carboxylic acid groups (broad SMARTS) is 1. The Bertz CT molecular complexity index is 190. The van der Waals surface area contributed by atoms with Crippen LogP contribution in [0.2, 0.25) is 0 Å². The fourth-order valence-electron chi connectivity index (χ4n) is 1.01. The Kier molecular flexibility index (Phi) is 2.30. The van der Waals surface area contributed by atoms with E-state index < -0.39 is 6.09 Å². The smallest absolute Gasteiger partial charge is 0.407 e. The van der Waals surface area contributed by atoms with E-state index in [2.05, 4.69) is 9.99 Å². The molecule has 11 heavy (non-hydrogen) atoms. The summed E-state index contributed by atoms with van der Waals surface area (Å²) in [5.41, 5.74) is 0.787. The molecule has 0 atom stereocenters. The van der Waals surface area contributed by atoms with E-state index in [4.69, 9.17) is 5.11 Å². The molecule has 5 nitrogen and oxygen atoms in total. The Balaban J connectivity index is 2.47. The molecule has 0 unspecified atom stereocenters. The van der Waals surface area contributed by atoms with Crippen molar-refractivity contribution in [2.45, 2.75) is 6.42 Å². The summed E-state index contributed by atoms with van der Waals surface area (Å²) < 4.78 is 0. The van der Waals surface area contributed by atoms with Crippen molar-refractivity contribution in [2.75, 3.05) is 20.2 Å². The van der Waals surface area contributed by atoms with Crippen molar-refractivity contribution in [1.29, 1.82) is 0 Å². The molecule has 1 aliphatic rings. The number of rotatable bonds is 1. The molecule has 1 N–H and O–H groups in total. The van der Waals surface area contributed by atoms with Crippen LogP contribution in [0.1, 0.15) is 6.42 Å². The van der Waals surface area contributed by atoms with Crippen molar-refractivity contribution in [2.24, 2.45) is 5.16 Å². The van der Waals surface area contributed by atoms with Gasteiger partial charge < -0.3 is 14.8 Å². The molecule has 1 amide bonds. The Morgan fingerprint density at radius 1 is 1.82 bits per heavy atom. The average molecular weight is 158 g/mol. The minimum atomic E-state index is -0.897. The van der Waals surface area contributed by atoms with Crippen molar-refractivity contribution in [3.8, 4) is 0 Å². The molecule has 5 heteroatoms. The lowest BCUT2D eigenvalue weighted by Gasteiger charge is -2.07. The van der Waals surface area contributed by atoms with Crippen LogP contribution in [0.25, 0.3) is 0 Å². The summed E-state index contributed by atoms with van der Waals surface area (Å²) in [6.07, 6.45) is -0.216. The second-order valence-electron chi connectivity index (χ2n) is 2.29. The Morgan fingerprint density at radius 3 is 3.00 bits per heavy atom. The van der Waals surface area contributed by atoms with Gasteiger partial charge in [0.05, 0.1) is 12.3 Å². The molecule has 0 aliphatic carbocycles. The lowest BCUT2D eigenvalue weighted by atomic mass is 10.3. The summed E-state index contributed by atoms with van der Waals surface area (Å²) in [4.78, 5) is 16.2. The number of likely N-dealkylation sites (tertiary alicyclic amines) is 1. The van der Waals surface area contributed by atoms with Crippen LogP contribution < -0.4 is 0 Å². The van der Waals surface area contributed by atoms with Crippen molar-refractivity contribution in [3.05, 3.63) is 0 Å². The van der Waals surface area contributed by atoms with Gasteiger partial charge in [-0.15, -0.1) is 0 Å². The van der Waals surface area contributed by atoms with Crippen LogP contribution in [0.5, 0.6) is 0 Å². The van der Waals surface area contributed by atoms with Crippen LogP contribution in [0.15, 0.2) is 5.16 Å². The number of amides is 1. The molecule has 0 aromatic rings. The van der Waals surface area contributed by atoms with Gasteiger partial charge in [-0.1, -0.05) is 5.16 Å². The van der Waals surface area contributed by atoms with Gasteiger partial charge in [0.1, 0.15) is 7.11 Å². The third kappa shape index (κ3) is 1.83. The van der Waals surface area contributed by atoms with Gasteiger partial charge in [-0.2, -0.15) is 0 Å². The van der Waals surface area contributed by atoms with E-state index >= 15 is 0 Å². The lowest BCUT2D eigenvalue weighted by Crippen LogP contribution is -2.26. The predicted octanol–water partition coefficient (Wildman–Crippen LogP) is 0.373. The molecule has 1 saturated heterocycles. The molecule has 1 rings (SSSR count). The van der Waals surface area contributed by atoms with Gasteiger partial charge in [-0.3, -0.25) is 0 Å². The third-order valence-corrected chi connectivity index (χ3v) is 1.53. The van der Waals surface area contributed by atoms with Crippen molar-refractivity contribution in [1.82, 2.24) is 4.90 Å². The first-order chi connectivity index (χ1) is 5.24. The Labute approximate surface area is 64.2 Å². The van der Waals surface area contributed by atoms with E-state index in [0.717, 1.165) is 5.71 Å². The summed E-state index contributed by atoms with van der Waals surface area (Å²) in [6, 6.07) is 0. The summed E-state index contributed by atoms with van der Waals surface area (Å²) in [7, 11) is 1.45. The molecule has 0 bridgehead atoms. The zero-order valence-electron chi connectivity index (χ0n) is 6.28. The fraction of sp³-hybridized carbons (Fsp3) is 0.667. The van der Waals surface area contributed by atoms with Crippen LogP contribution in [-0.4, -0.2) is 42.0 Å². The molecule has 0 aromatic carbocycles. The van der Waals surface area contributed by atoms with E-state index in [-0.39, 0.29) is 0 Å². The molecule has 0 saturated carbocycles. The standard InChI is InChI=1S/C6H10N2O3/c1-11-7-5-2-3-8(4-5)6(9)10/h2-4H2,1H3,(H,9,10). The first-order valence-electron chi connectivity index (χ1n) is 3.31. The zero-order chi connectivity index (χ0) is 8.27. The van der Waals surface area contributed by atoms with E-state index in [1.807, 2.05) is 0 Å². The topological polar surface area (TPSA) is 62.1 Å². The summed E-state index contributed by atoms with van der Waals surface area (Å²) in [6.45, 7) is 0.903. The average Bonchev–Trinajstić information content (AvgIpc) is 2.37. The number of hydrogen-bond donors (Lipinski definition) is 1. The monoisotopic (exact) mass is 158 g/mol. The molecule has 1 heterocycles. The summed E-state index contributed by atoms with van der Waals surface area (Å²) in [5.74, 6) is 0. The SMILES string of the molecule is CON=C1CCN(C(=O)O)C1. The van der Waals surface area contributed by atoms with Gasteiger partial charge in [0.15, 0.2) is 0 Å². The van der Waals surface area contributed by atoms with Crippen molar-refractivity contribution < 1.29 is 14.7 Å². The van der Waals surface area contributed by atoms with E-state index in [9.17, 15) is 4.79 Å². The van der Waals surface area contributed by atoms with Crippen LogP contribution >= 0.6 is 0 Å². The minimum Gasteiger partial charge on any atom is -0.465 e. The highest BCUT2D eigenvalue weighted by Crippen LogP contribution is 2.05. The normalized spacial score (nSPS) is 20.8. The molecule has 1 aliphatic heterocycles. The third-order valence-electron chi connectivity index (χ3n) is 1.53. The highest BCUT2D eigenvalue weighted by Gasteiger charge is 2.22. The first-order valence-corrected chi connectivity index (χ1v) is 3.31. The Hall–Kier alpha value is -1.26. The predicted molar refractivity (Wildman–Crippen MR) is 38.7 cm³/mol. The minimum absolute atomic E-state index is 0.378. The molecule has 0 aromatic heterocycles. The maximum atomic E-state index is 10.4. The summed E-state index contributed by atoms with van der Waals surface area (Å²) in [5, 5.41) is 12.2. The van der Waals surface area contributed by atoms with Gasteiger partial charge in [-0.05, 0) is 0 Å². The Morgan fingerprint density at radius 2 is 2.55 bits per heavy atom. The second kappa shape index (κ2) is 3.23. The van der Waals surface area contributed by atoms with Gasteiger partial charge in [0.2, 0.25) is 0 Å². The highest BCUT2D eigenvalue weighted by atomic mass is 16.6. The van der Waals surface area contributed by atoms with Crippen molar-refractivity contribution in [3.63, 3.8) is 0 Å². The van der Waals surface area contributed by atoms with Gasteiger partial charge in [0, 0.05) is 13.0 Å². The molecule has 62 valence electrons. The molecule has 1 fully saturated rings. The van der Waals surface area contributed by atoms with E-state index in [1.165, 1.54) is 12.0 Å². The molecule has 0 radical (unpaired) electrons. The van der Waals surface area contributed by atoms with Gasteiger partial charge in [0.25, 0.3) is 0 Å². The van der Waals surface area contributed by atoms with Crippen LogP contribution in [-0.2, 0) is 4.84 Å². The maximum Gasteiger partial charge on any atom is 0.407 e. The molecular weight excluding hydrogens is 148 g/mol. The van der Waals surface area contributed by atoms with Crippen LogP contribution in [0.3, 0.4) is 0 Å². The number of oxime groups is 1. The summed E-state index contributed by atoms with van der Waals surface area (Å²) >= 11 is 0. The second-order valence-corrected chi connectivity index (χ2v) is 2.29. The zero-order valence-corrected chi connectivity index (χ0v) is 6.28. The number of hydrogen-bond acceptors (Lipinski definition) is 3. The van der Waals surface area contributed by atoms with Crippen LogP contribution in [0.4, 0.5) is 4.79 Å². The molecule has 0 spiro atoms. The van der Waals surface area contributed by atoms with Crippen molar-refractivity contribution >= 4 is 11.8 Å². The lowest BCUT2D eigenvalue weighted by molar-refractivity contribution is 0.157. The van der Waals surface area contributed by atoms with Gasteiger partial charge >= 0.3 is 6.09 Å². The number of carbonyl (C=O) groups is 1. The largest absolute Gasteiger partial charge is 0.465 e. The fourth-order valence-corrected chi connectivity index (χ4v) is 1.01.